The molecule has 0 nitrogen and oxygen atoms in total. The van der Waals surface area contributed by atoms with Crippen LogP contribution in [0.25, 0.3) is 0 Å². The summed E-state index contributed by atoms with van der Waals surface area (Å²) in [5, 5.41) is 0. The van der Waals surface area contributed by atoms with Crippen molar-refractivity contribution < 1.29 is 0 Å². The first-order valence-corrected chi connectivity index (χ1v) is 13.5. The average molecular weight is 478 g/mol. The Morgan fingerprint density at radius 2 is 0.926 bits per heavy atom. The Bertz CT molecular complexity index is 576. The van der Waals surface area contributed by atoms with Crippen LogP contribution in [0.3, 0.4) is 0 Å². The summed E-state index contributed by atoms with van der Waals surface area (Å²) in [7, 11) is 0. The first-order chi connectivity index (χ1) is 13.3. The molecule has 27 heavy (non-hydrogen) atoms. The van der Waals surface area contributed by atoms with Gasteiger partial charge >= 0.3 is 179 Å². The van der Waals surface area contributed by atoms with Gasteiger partial charge < -0.3 is 0 Å². The molecule has 0 aliphatic carbocycles. The Morgan fingerprint density at radius 1 is 0.519 bits per heavy atom. The molecular weight excluding hydrogens is 440 g/mol. The second-order valence-electron chi connectivity index (χ2n) is 7.65. The molecule has 0 saturated carbocycles. The van der Waals surface area contributed by atoms with E-state index in [0.29, 0.717) is 0 Å². The molecule has 0 aromatic heterocycles. The van der Waals surface area contributed by atoms with Crippen LogP contribution in [0.2, 0.25) is 0 Å². The molecule has 2 aromatic rings. The number of benzene rings is 2. The van der Waals surface area contributed by atoms with Crippen molar-refractivity contribution in [2.75, 3.05) is 0 Å². The zero-order valence-corrected chi connectivity index (χ0v) is 19.8. The van der Waals surface area contributed by atoms with Gasteiger partial charge in [-0.25, -0.2) is 0 Å². The number of aryl methyl sites for hydroxylation is 2. The molecule has 2 aromatic carbocycles. The molecule has 0 atom stereocenters. The number of rotatable bonds is 14. The van der Waals surface area contributed by atoms with E-state index in [4.69, 9.17) is 0 Å². The molecule has 0 amide bonds. The summed E-state index contributed by atoms with van der Waals surface area (Å²) in [4.78, 5) is 0. The van der Waals surface area contributed by atoms with Crippen molar-refractivity contribution in [2.45, 2.75) is 90.9 Å². The standard InChI is InChI=1S/C26H38Te/c1-3-5-7-9-11-17-23-19-13-15-21-25(23)27-26-22-16-14-20-24(26)18-12-10-8-6-4-2/h13-16,19-22H,3-12,17-18H2,1-2H3. The van der Waals surface area contributed by atoms with Crippen LogP contribution in [0.5, 0.6) is 0 Å². The fraction of sp³-hybridized carbons (Fsp3) is 0.538. The number of hydrogen-bond acceptors (Lipinski definition) is 0. The number of hydrogen-bond donors (Lipinski definition) is 0. The SMILES string of the molecule is CCCCCCCc1ccccc1[Te]c1ccccc1CCCCCCC. The molecule has 1 heteroatoms. The summed E-state index contributed by atoms with van der Waals surface area (Å²) in [5.41, 5.74) is 3.24. The van der Waals surface area contributed by atoms with Crippen LogP contribution in [-0.4, -0.2) is 20.9 Å². The third kappa shape index (κ3) is 8.85. The monoisotopic (exact) mass is 480 g/mol. The molecule has 148 valence electrons. The van der Waals surface area contributed by atoms with E-state index in [1.54, 1.807) is 18.3 Å². The Hall–Kier alpha value is -0.770. The molecule has 0 N–H and O–H groups in total. The van der Waals surface area contributed by atoms with Crippen molar-refractivity contribution in [3.05, 3.63) is 59.7 Å². The van der Waals surface area contributed by atoms with Gasteiger partial charge in [-0.3, -0.25) is 0 Å². The van der Waals surface area contributed by atoms with Gasteiger partial charge in [-0.05, 0) is 0 Å². The number of unbranched alkanes of at least 4 members (excludes halogenated alkanes) is 8. The first kappa shape index (κ1) is 22.5. The molecule has 2 rings (SSSR count). The van der Waals surface area contributed by atoms with E-state index >= 15 is 0 Å². The third-order valence-electron chi connectivity index (χ3n) is 5.26. The summed E-state index contributed by atoms with van der Waals surface area (Å²) in [5.74, 6) is 0. The molecule has 0 radical (unpaired) electrons. The Balaban J connectivity index is 1.94. The van der Waals surface area contributed by atoms with E-state index in [1.807, 2.05) is 0 Å². The van der Waals surface area contributed by atoms with E-state index in [2.05, 4.69) is 62.4 Å². The van der Waals surface area contributed by atoms with E-state index in [1.165, 1.54) is 77.0 Å². The maximum atomic E-state index is 2.40. The summed E-state index contributed by atoms with van der Waals surface area (Å²) in [6, 6.07) is 18.5. The molecule has 0 heterocycles. The minimum absolute atomic E-state index is 0.285. The van der Waals surface area contributed by atoms with Gasteiger partial charge in [-0.2, -0.15) is 0 Å². The quantitative estimate of drug-likeness (QED) is 0.219. The van der Waals surface area contributed by atoms with Gasteiger partial charge in [0.05, 0.1) is 0 Å². The van der Waals surface area contributed by atoms with Gasteiger partial charge in [0, 0.05) is 0 Å². The molecule has 0 aliphatic rings. The maximum absolute atomic E-state index is 2.40. The predicted molar refractivity (Wildman–Crippen MR) is 123 cm³/mol. The second kappa shape index (κ2) is 14.3. The predicted octanol–water partition coefficient (Wildman–Crippen LogP) is 6.37. The molecule has 0 saturated heterocycles. The van der Waals surface area contributed by atoms with E-state index in [-0.39, 0.29) is 20.9 Å². The van der Waals surface area contributed by atoms with Crippen molar-refractivity contribution >= 4 is 28.1 Å². The van der Waals surface area contributed by atoms with E-state index < -0.39 is 0 Å². The Morgan fingerprint density at radius 3 is 1.37 bits per heavy atom. The zero-order chi connectivity index (χ0) is 19.2. The topological polar surface area (TPSA) is 0 Å². The molecule has 0 bridgehead atoms. The van der Waals surface area contributed by atoms with Crippen LogP contribution in [-0.2, 0) is 12.8 Å². The van der Waals surface area contributed by atoms with Gasteiger partial charge in [0.15, 0.2) is 0 Å². The first-order valence-electron chi connectivity index (χ1n) is 11.2. The van der Waals surface area contributed by atoms with Gasteiger partial charge in [-0.1, -0.05) is 0 Å². The van der Waals surface area contributed by atoms with Gasteiger partial charge in [0.2, 0.25) is 0 Å². The van der Waals surface area contributed by atoms with Crippen LogP contribution >= 0.6 is 0 Å². The second-order valence-corrected chi connectivity index (χ2v) is 10.7. The fourth-order valence-electron chi connectivity index (χ4n) is 3.58. The Labute approximate surface area is 178 Å². The van der Waals surface area contributed by atoms with Crippen LogP contribution in [0.15, 0.2) is 48.5 Å². The summed E-state index contributed by atoms with van der Waals surface area (Å²) in [6.07, 6.45) is 16.2. The molecule has 0 unspecified atom stereocenters. The summed E-state index contributed by atoms with van der Waals surface area (Å²) < 4.78 is 3.33. The molecule has 0 spiro atoms. The van der Waals surface area contributed by atoms with Gasteiger partial charge in [0.1, 0.15) is 0 Å². The van der Waals surface area contributed by atoms with Crippen molar-refractivity contribution in [1.82, 2.24) is 0 Å². The minimum atomic E-state index is -0.285. The average Bonchev–Trinajstić information content (AvgIpc) is 2.70. The van der Waals surface area contributed by atoms with Crippen LogP contribution in [0.1, 0.15) is 89.2 Å². The Kier molecular flexibility index (Phi) is 11.9. The van der Waals surface area contributed by atoms with Gasteiger partial charge in [-0.15, -0.1) is 0 Å². The van der Waals surface area contributed by atoms with Crippen molar-refractivity contribution in [3.63, 3.8) is 0 Å². The van der Waals surface area contributed by atoms with Crippen molar-refractivity contribution in [1.29, 1.82) is 0 Å². The van der Waals surface area contributed by atoms with Crippen molar-refractivity contribution in [2.24, 2.45) is 0 Å². The van der Waals surface area contributed by atoms with Crippen LogP contribution < -0.4 is 7.22 Å². The summed E-state index contributed by atoms with van der Waals surface area (Å²) in [6.45, 7) is 4.59. The normalized spacial score (nSPS) is 11.0. The third-order valence-corrected chi connectivity index (χ3v) is 8.79. The van der Waals surface area contributed by atoms with Crippen molar-refractivity contribution in [3.8, 4) is 0 Å². The molecule has 0 aliphatic heterocycles. The fourth-order valence-corrected chi connectivity index (χ4v) is 6.81. The van der Waals surface area contributed by atoms with E-state index in [0.717, 1.165) is 0 Å². The zero-order valence-electron chi connectivity index (χ0n) is 17.5. The molecular formula is C26H38Te. The van der Waals surface area contributed by atoms with Crippen LogP contribution in [0, 0.1) is 0 Å². The molecule has 0 fully saturated rings. The summed E-state index contributed by atoms with van der Waals surface area (Å²) >= 11 is -0.285. The van der Waals surface area contributed by atoms with Crippen LogP contribution in [0.4, 0.5) is 0 Å². The van der Waals surface area contributed by atoms with E-state index in [9.17, 15) is 0 Å². The van der Waals surface area contributed by atoms with Gasteiger partial charge in [0.25, 0.3) is 0 Å².